The number of alkyl halides is 3. The van der Waals surface area contributed by atoms with E-state index in [4.69, 9.17) is 15.3 Å². The largest absolute Gasteiger partial charge is 0.573 e. The lowest BCUT2D eigenvalue weighted by molar-refractivity contribution is -0.274. The standard InChI is InChI=1S/C17H11F3N2O3.C9H8O4/c18-17(19,20)25-15-12(11-5-2-1-3-6-11)7-4-8-14(15)22-10-9-13(21-22)16(23)24;1-5-2-6(8(10)11)4-7(3-5)9(12)13/h1-10H,(H,23,24);2-4H,1H3,(H,10,11)(H,12,13). The number of nitrogens with zero attached hydrogens (tertiary/aromatic N) is 2. The molecular formula is C26H19F3N2O7. The average Bonchev–Trinajstić information content (AvgIpc) is 3.34. The molecule has 3 N–H and O–H groups in total. The number of hydrogen-bond acceptors (Lipinski definition) is 5. The zero-order valence-corrected chi connectivity index (χ0v) is 19.5. The molecule has 0 radical (unpaired) electrons. The first-order chi connectivity index (χ1) is 17.9. The molecule has 38 heavy (non-hydrogen) atoms. The van der Waals surface area contributed by atoms with Gasteiger partial charge in [-0.05, 0) is 48.4 Å². The third kappa shape index (κ3) is 6.97. The van der Waals surface area contributed by atoms with E-state index in [1.165, 1.54) is 36.5 Å². The molecule has 9 nitrogen and oxygen atoms in total. The Morgan fingerprint density at radius 2 is 1.42 bits per heavy atom. The van der Waals surface area contributed by atoms with Gasteiger partial charge < -0.3 is 20.1 Å². The van der Waals surface area contributed by atoms with Gasteiger partial charge in [-0.1, -0.05) is 42.5 Å². The summed E-state index contributed by atoms with van der Waals surface area (Å²) in [5.74, 6) is -3.98. The minimum absolute atomic E-state index is 0.00241. The van der Waals surface area contributed by atoms with E-state index in [1.807, 2.05) is 0 Å². The molecule has 0 fully saturated rings. The van der Waals surface area contributed by atoms with Gasteiger partial charge in [0.15, 0.2) is 11.4 Å². The van der Waals surface area contributed by atoms with E-state index >= 15 is 0 Å². The summed E-state index contributed by atoms with van der Waals surface area (Å²) in [5, 5.41) is 30.0. The van der Waals surface area contributed by atoms with Crippen LogP contribution in [0.3, 0.4) is 0 Å². The van der Waals surface area contributed by atoms with E-state index in [2.05, 4.69) is 9.84 Å². The summed E-state index contributed by atoms with van der Waals surface area (Å²) in [6.45, 7) is 1.65. The molecular weight excluding hydrogens is 509 g/mol. The lowest BCUT2D eigenvalue weighted by Gasteiger charge is -2.17. The minimum atomic E-state index is -4.91. The first-order valence-electron chi connectivity index (χ1n) is 10.7. The van der Waals surface area contributed by atoms with Crippen LogP contribution in [0.15, 0.2) is 79.0 Å². The molecule has 0 aliphatic heterocycles. The molecule has 4 aromatic rings. The van der Waals surface area contributed by atoms with E-state index in [9.17, 15) is 27.6 Å². The fourth-order valence-electron chi connectivity index (χ4n) is 3.38. The Balaban J connectivity index is 0.000000260. The first kappa shape index (κ1) is 27.5. The predicted octanol–water partition coefficient (Wildman–Crippen LogP) is 5.53. The van der Waals surface area contributed by atoms with Crippen LogP contribution in [0.2, 0.25) is 0 Å². The Kier molecular flexibility index (Phi) is 8.16. The van der Waals surface area contributed by atoms with Gasteiger partial charge in [0.2, 0.25) is 0 Å². The number of aromatic carboxylic acids is 3. The summed E-state index contributed by atoms with van der Waals surface area (Å²) in [7, 11) is 0. The van der Waals surface area contributed by atoms with Crippen LogP contribution < -0.4 is 4.74 Å². The Morgan fingerprint density at radius 3 is 1.92 bits per heavy atom. The van der Waals surface area contributed by atoms with Crippen LogP contribution in [-0.2, 0) is 0 Å². The Morgan fingerprint density at radius 1 is 0.816 bits per heavy atom. The molecule has 0 amide bonds. The van der Waals surface area contributed by atoms with Crippen molar-refractivity contribution in [2.24, 2.45) is 0 Å². The molecule has 0 saturated heterocycles. The predicted molar refractivity (Wildman–Crippen MR) is 128 cm³/mol. The van der Waals surface area contributed by atoms with Crippen molar-refractivity contribution < 1.29 is 47.6 Å². The maximum absolute atomic E-state index is 12.9. The van der Waals surface area contributed by atoms with Crippen molar-refractivity contribution in [1.82, 2.24) is 9.78 Å². The molecule has 0 aliphatic rings. The van der Waals surface area contributed by atoms with Gasteiger partial charge in [-0.25, -0.2) is 19.1 Å². The SMILES string of the molecule is Cc1cc(C(=O)O)cc(C(=O)O)c1.O=C(O)c1ccn(-c2cccc(-c3ccccc3)c2OC(F)(F)F)n1. The summed E-state index contributed by atoms with van der Waals surface area (Å²) in [6.07, 6.45) is -3.65. The van der Waals surface area contributed by atoms with Crippen molar-refractivity contribution >= 4 is 17.9 Å². The van der Waals surface area contributed by atoms with Gasteiger partial charge >= 0.3 is 24.3 Å². The molecule has 0 bridgehead atoms. The van der Waals surface area contributed by atoms with E-state index in [0.717, 1.165) is 10.7 Å². The van der Waals surface area contributed by atoms with E-state index in [-0.39, 0.29) is 28.1 Å². The van der Waals surface area contributed by atoms with Gasteiger partial charge in [0.1, 0.15) is 5.69 Å². The number of hydrogen-bond donors (Lipinski definition) is 3. The lowest BCUT2D eigenvalue weighted by Crippen LogP contribution is -2.19. The second-order valence-electron chi connectivity index (χ2n) is 7.72. The maximum Gasteiger partial charge on any atom is 0.573 e. The van der Waals surface area contributed by atoms with E-state index in [0.29, 0.717) is 11.1 Å². The number of para-hydroxylation sites is 1. The van der Waals surface area contributed by atoms with Gasteiger partial charge in [0.25, 0.3) is 0 Å². The van der Waals surface area contributed by atoms with Crippen LogP contribution in [0.1, 0.15) is 36.8 Å². The molecule has 12 heteroatoms. The van der Waals surface area contributed by atoms with Gasteiger partial charge in [-0.3, -0.25) is 0 Å². The molecule has 0 unspecified atom stereocenters. The second kappa shape index (κ2) is 11.3. The Bertz CT molecular complexity index is 1450. The maximum atomic E-state index is 12.9. The molecule has 3 aromatic carbocycles. The van der Waals surface area contributed by atoms with Crippen molar-refractivity contribution in [2.75, 3.05) is 0 Å². The van der Waals surface area contributed by atoms with Crippen LogP contribution in [0.4, 0.5) is 13.2 Å². The molecule has 0 spiro atoms. The molecule has 1 aromatic heterocycles. The van der Waals surface area contributed by atoms with Crippen molar-refractivity contribution in [1.29, 1.82) is 0 Å². The quantitative estimate of drug-likeness (QED) is 0.297. The topological polar surface area (TPSA) is 139 Å². The Labute approximate surface area is 213 Å². The molecule has 0 aliphatic carbocycles. The van der Waals surface area contributed by atoms with Crippen molar-refractivity contribution in [3.8, 4) is 22.6 Å². The number of ether oxygens (including phenoxy) is 1. The minimum Gasteiger partial charge on any atom is -0.478 e. The van der Waals surface area contributed by atoms with Crippen LogP contribution in [0.5, 0.6) is 5.75 Å². The van der Waals surface area contributed by atoms with Crippen LogP contribution in [0.25, 0.3) is 16.8 Å². The number of carboxylic acids is 3. The van der Waals surface area contributed by atoms with Crippen LogP contribution >= 0.6 is 0 Å². The lowest BCUT2D eigenvalue weighted by atomic mass is 10.0. The summed E-state index contributed by atoms with van der Waals surface area (Å²) in [5.41, 5.74) is 1.04. The summed E-state index contributed by atoms with van der Waals surface area (Å²) in [4.78, 5) is 32.0. The third-order valence-electron chi connectivity index (χ3n) is 4.92. The zero-order valence-electron chi connectivity index (χ0n) is 19.5. The van der Waals surface area contributed by atoms with E-state index in [1.54, 1.807) is 43.3 Å². The number of aryl methyl sites for hydroxylation is 1. The van der Waals surface area contributed by atoms with Gasteiger partial charge in [-0.2, -0.15) is 5.10 Å². The molecule has 0 saturated carbocycles. The number of halogens is 3. The van der Waals surface area contributed by atoms with Crippen molar-refractivity contribution in [3.63, 3.8) is 0 Å². The first-order valence-corrected chi connectivity index (χ1v) is 10.7. The molecule has 0 atom stereocenters. The number of aromatic nitrogens is 2. The summed E-state index contributed by atoms with van der Waals surface area (Å²) >= 11 is 0. The van der Waals surface area contributed by atoms with Crippen LogP contribution in [-0.4, -0.2) is 49.4 Å². The Hall–Kier alpha value is -5.13. The normalized spacial score (nSPS) is 10.7. The third-order valence-corrected chi connectivity index (χ3v) is 4.92. The molecule has 1 heterocycles. The number of rotatable bonds is 6. The summed E-state index contributed by atoms with van der Waals surface area (Å²) in [6, 6.07) is 18.0. The van der Waals surface area contributed by atoms with Gasteiger partial charge in [-0.15, -0.1) is 13.2 Å². The van der Waals surface area contributed by atoms with E-state index < -0.39 is 30.0 Å². The highest BCUT2D eigenvalue weighted by Gasteiger charge is 2.34. The molecule has 196 valence electrons. The second-order valence-corrected chi connectivity index (χ2v) is 7.72. The monoisotopic (exact) mass is 528 g/mol. The average molecular weight is 528 g/mol. The summed E-state index contributed by atoms with van der Waals surface area (Å²) < 4.78 is 44.0. The number of benzene rings is 3. The van der Waals surface area contributed by atoms with Crippen LogP contribution in [0, 0.1) is 6.92 Å². The highest BCUT2D eigenvalue weighted by Crippen LogP contribution is 2.38. The number of carboxylic acid groups (broad SMARTS) is 3. The highest BCUT2D eigenvalue weighted by molar-refractivity contribution is 5.94. The van der Waals surface area contributed by atoms with Crippen molar-refractivity contribution in [2.45, 2.75) is 13.3 Å². The molecule has 4 rings (SSSR count). The van der Waals surface area contributed by atoms with Crippen molar-refractivity contribution in [3.05, 3.63) is 101 Å². The smallest absolute Gasteiger partial charge is 0.478 e. The van der Waals surface area contributed by atoms with Gasteiger partial charge in [0.05, 0.1) is 11.1 Å². The highest BCUT2D eigenvalue weighted by atomic mass is 19.4. The fraction of sp³-hybridized carbons (Fsp3) is 0.0769. The zero-order chi connectivity index (χ0) is 28.0. The fourth-order valence-corrected chi connectivity index (χ4v) is 3.38. The number of carbonyl (C=O) groups is 3. The van der Waals surface area contributed by atoms with Gasteiger partial charge in [0, 0.05) is 11.8 Å².